The quantitative estimate of drug-likeness (QED) is 0.466. The van der Waals surface area contributed by atoms with Gasteiger partial charge in [0.15, 0.2) is 11.5 Å². The molecule has 1 aliphatic rings. The number of hydrogen-bond donors (Lipinski definition) is 0. The minimum Gasteiger partial charge on any atom is -0.454 e. The number of hydrogen-bond acceptors (Lipinski definition) is 4. The van der Waals surface area contributed by atoms with Gasteiger partial charge in [-0.2, -0.15) is 5.26 Å². The minimum absolute atomic E-state index is 0.0118. The van der Waals surface area contributed by atoms with Crippen molar-refractivity contribution in [1.29, 1.82) is 5.26 Å². The Morgan fingerprint density at radius 3 is 2.61 bits per heavy atom. The van der Waals surface area contributed by atoms with E-state index in [9.17, 15) is 10.1 Å². The topological polar surface area (TPSA) is 59.3 Å². The molecule has 0 bridgehead atoms. The highest BCUT2D eigenvalue weighted by atomic mass is 35.5. The maximum absolute atomic E-state index is 12.5. The Morgan fingerprint density at radius 1 is 1.09 bits per heavy atom. The minimum atomic E-state index is -0.406. The number of carbonyl (C=O) groups excluding carboxylic acids is 1. The Morgan fingerprint density at radius 2 is 1.87 bits per heavy atom. The second kappa shape index (κ2) is 6.33. The number of Topliss-reactive ketones (excluding diaryl/α,β-unsaturated/α-hetero) is 1. The van der Waals surface area contributed by atoms with E-state index in [0.717, 1.165) is 0 Å². The first-order valence-corrected chi connectivity index (χ1v) is 7.35. The number of ether oxygens (including phenoxy) is 2. The summed E-state index contributed by atoms with van der Waals surface area (Å²) in [7, 11) is 0. The molecule has 3 rings (SSSR count). The zero-order valence-electron chi connectivity index (χ0n) is 11.7. The molecular formula is C17H9Cl2NO3. The van der Waals surface area contributed by atoms with Gasteiger partial charge >= 0.3 is 0 Å². The summed E-state index contributed by atoms with van der Waals surface area (Å²) in [5.41, 5.74) is 0.953. The van der Waals surface area contributed by atoms with Gasteiger partial charge in [-0.15, -0.1) is 0 Å². The lowest BCUT2D eigenvalue weighted by Crippen LogP contribution is -2.02. The van der Waals surface area contributed by atoms with Gasteiger partial charge in [0.2, 0.25) is 12.6 Å². The van der Waals surface area contributed by atoms with Crippen molar-refractivity contribution in [2.45, 2.75) is 0 Å². The van der Waals surface area contributed by atoms with Crippen molar-refractivity contribution in [2.75, 3.05) is 6.79 Å². The molecule has 0 unspecified atom stereocenters. The molecule has 23 heavy (non-hydrogen) atoms. The Balaban J connectivity index is 1.94. The fraction of sp³-hybridized carbons (Fsp3) is 0.0588. The first kappa shape index (κ1) is 15.4. The number of nitrogens with zero attached hydrogens (tertiary/aromatic N) is 1. The van der Waals surface area contributed by atoms with Gasteiger partial charge in [-0.05, 0) is 42.0 Å². The average Bonchev–Trinajstić information content (AvgIpc) is 3.02. The van der Waals surface area contributed by atoms with Gasteiger partial charge in [-0.3, -0.25) is 4.79 Å². The third-order valence-corrected chi connectivity index (χ3v) is 3.99. The number of allylic oxidation sites excluding steroid dienone is 1. The summed E-state index contributed by atoms with van der Waals surface area (Å²) >= 11 is 11.8. The fourth-order valence-electron chi connectivity index (χ4n) is 2.11. The second-order valence-corrected chi connectivity index (χ2v) is 5.55. The van der Waals surface area contributed by atoms with Crippen LogP contribution < -0.4 is 9.47 Å². The lowest BCUT2D eigenvalue weighted by atomic mass is 10.0. The summed E-state index contributed by atoms with van der Waals surface area (Å²) in [5.74, 6) is 0.660. The fourth-order valence-corrected chi connectivity index (χ4v) is 2.42. The smallest absolute Gasteiger partial charge is 0.231 e. The number of nitriles is 1. The molecule has 0 aliphatic carbocycles. The first-order valence-electron chi connectivity index (χ1n) is 6.59. The molecule has 0 radical (unpaired) electrons. The van der Waals surface area contributed by atoms with Crippen LogP contribution in [0.3, 0.4) is 0 Å². The van der Waals surface area contributed by atoms with Crippen molar-refractivity contribution in [2.24, 2.45) is 0 Å². The van der Waals surface area contributed by atoms with Gasteiger partial charge in [0.05, 0.1) is 10.0 Å². The number of ketones is 1. The molecular weight excluding hydrogens is 337 g/mol. The van der Waals surface area contributed by atoms with Crippen LogP contribution in [0.4, 0.5) is 0 Å². The normalized spacial score (nSPS) is 12.8. The molecule has 0 saturated heterocycles. The maximum atomic E-state index is 12.5. The van der Waals surface area contributed by atoms with Crippen LogP contribution >= 0.6 is 23.2 Å². The monoisotopic (exact) mass is 345 g/mol. The van der Waals surface area contributed by atoms with Crippen molar-refractivity contribution >= 4 is 35.1 Å². The Kier molecular flexibility index (Phi) is 4.24. The van der Waals surface area contributed by atoms with Crippen LogP contribution in [0.25, 0.3) is 6.08 Å². The van der Waals surface area contributed by atoms with Crippen LogP contribution in [0.15, 0.2) is 42.0 Å². The van der Waals surface area contributed by atoms with E-state index >= 15 is 0 Å². The molecule has 0 fully saturated rings. The molecule has 0 saturated carbocycles. The van der Waals surface area contributed by atoms with Crippen molar-refractivity contribution in [3.05, 3.63) is 63.1 Å². The molecule has 0 amide bonds. The van der Waals surface area contributed by atoms with E-state index in [4.69, 9.17) is 32.7 Å². The van der Waals surface area contributed by atoms with E-state index in [1.165, 1.54) is 6.08 Å². The summed E-state index contributed by atoms with van der Waals surface area (Å²) in [6.45, 7) is 0.122. The highest BCUT2D eigenvalue weighted by Crippen LogP contribution is 2.33. The predicted molar refractivity (Wildman–Crippen MR) is 86.9 cm³/mol. The molecule has 2 aromatic carbocycles. The Bertz CT molecular complexity index is 869. The van der Waals surface area contributed by atoms with E-state index in [-0.39, 0.29) is 12.4 Å². The lowest BCUT2D eigenvalue weighted by Gasteiger charge is -2.03. The Hall–Kier alpha value is -2.48. The van der Waals surface area contributed by atoms with E-state index in [0.29, 0.717) is 32.7 Å². The molecule has 6 heteroatoms. The van der Waals surface area contributed by atoms with Crippen molar-refractivity contribution in [3.8, 4) is 17.6 Å². The van der Waals surface area contributed by atoms with Gasteiger partial charge in [0.25, 0.3) is 0 Å². The molecule has 1 aliphatic heterocycles. The van der Waals surface area contributed by atoms with Gasteiger partial charge < -0.3 is 9.47 Å². The molecule has 2 aromatic rings. The summed E-state index contributed by atoms with van der Waals surface area (Å²) < 4.78 is 10.4. The lowest BCUT2D eigenvalue weighted by molar-refractivity contribution is 0.103. The molecule has 114 valence electrons. The largest absolute Gasteiger partial charge is 0.454 e. The van der Waals surface area contributed by atoms with E-state index < -0.39 is 5.78 Å². The zero-order chi connectivity index (χ0) is 16.4. The third-order valence-electron chi connectivity index (χ3n) is 3.25. The highest BCUT2D eigenvalue weighted by molar-refractivity contribution is 6.42. The van der Waals surface area contributed by atoms with Crippen molar-refractivity contribution in [3.63, 3.8) is 0 Å². The van der Waals surface area contributed by atoms with E-state index in [1.54, 1.807) is 36.4 Å². The number of fused-ring (bicyclic) bond motifs is 1. The van der Waals surface area contributed by atoms with Crippen LogP contribution in [0, 0.1) is 11.3 Å². The third kappa shape index (κ3) is 3.16. The summed E-state index contributed by atoms with van der Waals surface area (Å²) in [6.07, 6.45) is 1.47. The summed E-state index contributed by atoms with van der Waals surface area (Å²) in [4.78, 5) is 12.5. The van der Waals surface area contributed by atoms with Crippen molar-refractivity contribution < 1.29 is 14.3 Å². The van der Waals surface area contributed by atoms with Crippen LogP contribution in [0.1, 0.15) is 15.9 Å². The molecule has 0 atom stereocenters. The van der Waals surface area contributed by atoms with Crippen LogP contribution in [-0.4, -0.2) is 12.6 Å². The van der Waals surface area contributed by atoms with E-state index in [1.807, 2.05) is 6.07 Å². The predicted octanol–water partition coefficient (Wildman–Crippen LogP) is 4.51. The molecule has 1 heterocycles. The standard InChI is InChI=1S/C17H9Cl2NO3/c18-13-3-1-10(6-14(13)19)5-12(8-20)17(21)11-2-4-15-16(7-11)23-9-22-15/h1-7H,9H2. The van der Waals surface area contributed by atoms with Crippen LogP contribution in [0.2, 0.25) is 10.0 Å². The summed E-state index contributed by atoms with van der Waals surface area (Å²) in [6, 6.07) is 11.6. The highest BCUT2D eigenvalue weighted by Gasteiger charge is 2.18. The van der Waals surface area contributed by atoms with Gasteiger partial charge in [0.1, 0.15) is 11.6 Å². The van der Waals surface area contributed by atoms with Crippen LogP contribution in [-0.2, 0) is 0 Å². The molecule has 0 spiro atoms. The number of halogens is 2. The van der Waals surface area contributed by atoms with Crippen molar-refractivity contribution in [1.82, 2.24) is 0 Å². The SMILES string of the molecule is N#CC(=Cc1ccc(Cl)c(Cl)c1)C(=O)c1ccc2c(c1)OCO2. The second-order valence-electron chi connectivity index (χ2n) is 4.74. The number of rotatable bonds is 3. The van der Waals surface area contributed by atoms with Crippen LogP contribution in [0.5, 0.6) is 11.5 Å². The molecule has 0 N–H and O–H groups in total. The zero-order valence-corrected chi connectivity index (χ0v) is 13.2. The summed E-state index contributed by atoms with van der Waals surface area (Å²) in [5, 5.41) is 10.0. The number of benzene rings is 2. The number of carbonyl (C=O) groups is 1. The van der Waals surface area contributed by atoms with E-state index in [2.05, 4.69) is 0 Å². The average molecular weight is 346 g/mol. The molecule has 0 aromatic heterocycles. The molecule has 4 nitrogen and oxygen atoms in total. The maximum Gasteiger partial charge on any atom is 0.231 e. The van der Waals surface area contributed by atoms with Gasteiger partial charge in [0, 0.05) is 5.56 Å². The Labute approximate surface area is 142 Å². The van der Waals surface area contributed by atoms with Gasteiger partial charge in [-0.1, -0.05) is 29.3 Å². The van der Waals surface area contributed by atoms with Gasteiger partial charge in [-0.25, -0.2) is 0 Å². The first-order chi connectivity index (χ1) is 11.1.